The van der Waals surface area contributed by atoms with E-state index in [0.29, 0.717) is 16.1 Å². The van der Waals surface area contributed by atoms with Gasteiger partial charge in [-0.25, -0.2) is 9.18 Å². The van der Waals surface area contributed by atoms with Gasteiger partial charge in [0.1, 0.15) is 11.5 Å². The first-order chi connectivity index (χ1) is 8.41. The van der Waals surface area contributed by atoms with E-state index in [2.05, 4.69) is 26.1 Å². The third-order valence-corrected chi connectivity index (χ3v) is 3.51. The van der Waals surface area contributed by atoms with Crippen molar-refractivity contribution in [2.75, 3.05) is 0 Å². The Kier molecular flexibility index (Phi) is 3.41. The minimum atomic E-state index is -1.16. The van der Waals surface area contributed by atoms with Gasteiger partial charge in [0.2, 0.25) is 0 Å². The van der Waals surface area contributed by atoms with Gasteiger partial charge in [-0.3, -0.25) is 5.10 Å². The van der Waals surface area contributed by atoms with Crippen molar-refractivity contribution < 1.29 is 14.3 Å². The molecule has 0 unspecified atom stereocenters. The summed E-state index contributed by atoms with van der Waals surface area (Å²) in [6.45, 7) is 1.59. The van der Waals surface area contributed by atoms with Gasteiger partial charge < -0.3 is 5.11 Å². The number of rotatable bonds is 2. The first kappa shape index (κ1) is 13.0. The highest BCUT2D eigenvalue weighted by Gasteiger charge is 2.20. The highest BCUT2D eigenvalue weighted by atomic mass is 79.9. The van der Waals surface area contributed by atoms with Crippen LogP contribution < -0.4 is 0 Å². The Morgan fingerprint density at radius 1 is 1.56 bits per heavy atom. The largest absolute Gasteiger partial charge is 0.476 e. The van der Waals surface area contributed by atoms with Gasteiger partial charge in [0, 0.05) is 5.56 Å². The van der Waals surface area contributed by atoms with Crippen molar-refractivity contribution >= 4 is 33.5 Å². The molecule has 0 saturated carbocycles. The number of hydrogen-bond acceptors (Lipinski definition) is 2. The molecule has 0 saturated heterocycles. The van der Waals surface area contributed by atoms with E-state index < -0.39 is 11.8 Å². The predicted octanol–water partition coefficient (Wildman–Crippen LogP) is 3.64. The van der Waals surface area contributed by atoms with E-state index in [1.54, 1.807) is 6.92 Å². The van der Waals surface area contributed by atoms with Crippen molar-refractivity contribution in [3.63, 3.8) is 0 Å². The molecular formula is C11H7BrClFN2O2. The summed E-state index contributed by atoms with van der Waals surface area (Å²) >= 11 is 9.12. The van der Waals surface area contributed by atoms with Gasteiger partial charge in [0.25, 0.3) is 0 Å². The molecule has 2 rings (SSSR count). The minimum absolute atomic E-state index is 0.109. The molecule has 0 atom stereocenters. The van der Waals surface area contributed by atoms with E-state index >= 15 is 0 Å². The summed E-state index contributed by atoms with van der Waals surface area (Å²) in [7, 11) is 0. The van der Waals surface area contributed by atoms with Gasteiger partial charge in [0.15, 0.2) is 5.69 Å². The molecule has 1 aromatic carbocycles. The molecule has 0 aliphatic carbocycles. The second kappa shape index (κ2) is 4.70. The molecule has 0 spiro atoms. The Balaban J connectivity index is 2.63. The fourth-order valence-electron chi connectivity index (χ4n) is 1.48. The highest BCUT2D eigenvalue weighted by Crippen LogP contribution is 2.34. The predicted molar refractivity (Wildman–Crippen MR) is 68.4 cm³/mol. The van der Waals surface area contributed by atoms with E-state index in [9.17, 15) is 9.18 Å². The smallest absolute Gasteiger partial charge is 0.355 e. The Morgan fingerprint density at radius 2 is 2.22 bits per heavy atom. The zero-order valence-electron chi connectivity index (χ0n) is 9.09. The van der Waals surface area contributed by atoms with Crippen molar-refractivity contribution in [2.45, 2.75) is 6.92 Å². The molecule has 7 heteroatoms. The average Bonchev–Trinajstić information content (AvgIpc) is 2.66. The number of carboxylic acids is 1. The molecule has 4 nitrogen and oxygen atoms in total. The average molecular weight is 334 g/mol. The number of aromatic nitrogens is 2. The van der Waals surface area contributed by atoms with Crippen LogP contribution in [0.15, 0.2) is 16.6 Å². The standard InChI is InChI=1S/C11H7BrClFN2O2/c1-4-2-6(13)5(3-7(4)14)9-8(12)10(11(17)18)16-15-9/h2-3H,1H3,(H,15,16)(H,17,18). The summed E-state index contributed by atoms with van der Waals surface area (Å²) in [5.74, 6) is -1.59. The van der Waals surface area contributed by atoms with E-state index in [1.807, 2.05) is 0 Å². The van der Waals surface area contributed by atoms with E-state index in [1.165, 1.54) is 12.1 Å². The summed E-state index contributed by atoms with van der Waals surface area (Å²) < 4.78 is 13.7. The number of nitrogens with one attached hydrogen (secondary N) is 1. The van der Waals surface area contributed by atoms with E-state index in [-0.39, 0.29) is 15.9 Å². The van der Waals surface area contributed by atoms with Crippen molar-refractivity contribution in [1.29, 1.82) is 0 Å². The van der Waals surface area contributed by atoms with Crippen LogP contribution in [0, 0.1) is 12.7 Å². The lowest BCUT2D eigenvalue weighted by molar-refractivity contribution is 0.0689. The molecule has 2 N–H and O–H groups in total. The van der Waals surface area contributed by atoms with Crippen LogP contribution in [0.25, 0.3) is 11.3 Å². The summed E-state index contributed by atoms with van der Waals surface area (Å²) in [4.78, 5) is 10.9. The van der Waals surface area contributed by atoms with Crippen LogP contribution in [-0.2, 0) is 0 Å². The molecule has 1 aromatic heterocycles. The van der Waals surface area contributed by atoms with E-state index in [4.69, 9.17) is 16.7 Å². The third-order valence-electron chi connectivity index (χ3n) is 2.42. The number of hydrogen-bond donors (Lipinski definition) is 2. The first-order valence-electron chi connectivity index (χ1n) is 4.85. The number of benzene rings is 1. The Morgan fingerprint density at radius 3 is 2.78 bits per heavy atom. The molecule has 0 bridgehead atoms. The quantitative estimate of drug-likeness (QED) is 0.882. The zero-order valence-corrected chi connectivity index (χ0v) is 11.4. The molecule has 1 heterocycles. The van der Waals surface area contributed by atoms with Gasteiger partial charge in [-0.15, -0.1) is 0 Å². The number of carbonyl (C=O) groups is 1. The van der Waals surface area contributed by atoms with Gasteiger partial charge >= 0.3 is 5.97 Å². The normalized spacial score (nSPS) is 10.7. The van der Waals surface area contributed by atoms with E-state index in [0.717, 1.165) is 0 Å². The van der Waals surface area contributed by atoms with Crippen LogP contribution in [-0.4, -0.2) is 21.3 Å². The lowest BCUT2D eigenvalue weighted by atomic mass is 10.1. The number of aryl methyl sites for hydroxylation is 1. The van der Waals surface area contributed by atoms with Gasteiger partial charge in [-0.1, -0.05) is 11.6 Å². The molecule has 2 aromatic rings. The maximum absolute atomic E-state index is 13.5. The van der Waals surface area contributed by atoms with Crippen molar-refractivity contribution in [1.82, 2.24) is 10.2 Å². The topological polar surface area (TPSA) is 66.0 Å². The molecule has 0 fully saturated rings. The Hall–Kier alpha value is -1.40. The third kappa shape index (κ3) is 2.13. The lowest BCUT2D eigenvalue weighted by Crippen LogP contribution is -1.97. The number of H-pyrrole nitrogens is 1. The van der Waals surface area contributed by atoms with Crippen molar-refractivity contribution in [2.24, 2.45) is 0 Å². The number of nitrogens with zero attached hydrogens (tertiary/aromatic N) is 1. The molecule has 0 amide bonds. The molecule has 0 aliphatic heterocycles. The number of aromatic carboxylic acids is 1. The van der Waals surface area contributed by atoms with Gasteiger partial charge in [-0.05, 0) is 40.5 Å². The maximum atomic E-state index is 13.5. The summed E-state index contributed by atoms with van der Waals surface area (Å²) in [5, 5.41) is 15.4. The second-order valence-electron chi connectivity index (χ2n) is 3.65. The van der Waals surface area contributed by atoms with Crippen LogP contribution in [0.5, 0.6) is 0 Å². The van der Waals surface area contributed by atoms with Gasteiger partial charge in [-0.2, -0.15) is 5.10 Å². The zero-order chi connectivity index (χ0) is 13.4. The lowest BCUT2D eigenvalue weighted by Gasteiger charge is -2.04. The summed E-state index contributed by atoms with van der Waals surface area (Å²) in [5.41, 5.74) is 0.891. The minimum Gasteiger partial charge on any atom is -0.476 e. The van der Waals surface area contributed by atoms with Crippen LogP contribution in [0.2, 0.25) is 5.02 Å². The fourth-order valence-corrected chi connectivity index (χ4v) is 2.34. The number of aromatic amines is 1. The molecule has 94 valence electrons. The fraction of sp³-hybridized carbons (Fsp3) is 0.0909. The second-order valence-corrected chi connectivity index (χ2v) is 4.85. The maximum Gasteiger partial charge on any atom is 0.355 e. The van der Waals surface area contributed by atoms with Crippen molar-refractivity contribution in [3.05, 3.63) is 38.7 Å². The highest BCUT2D eigenvalue weighted by molar-refractivity contribution is 9.10. The summed E-state index contributed by atoms with van der Waals surface area (Å²) in [6, 6.07) is 2.69. The Bertz CT molecular complexity index is 642. The van der Waals surface area contributed by atoms with Crippen LogP contribution in [0.3, 0.4) is 0 Å². The van der Waals surface area contributed by atoms with Crippen molar-refractivity contribution in [3.8, 4) is 11.3 Å². The monoisotopic (exact) mass is 332 g/mol. The van der Waals surface area contributed by atoms with Crippen LogP contribution in [0.1, 0.15) is 16.1 Å². The van der Waals surface area contributed by atoms with Crippen LogP contribution in [0.4, 0.5) is 4.39 Å². The number of halogens is 3. The Labute approximate surface area is 115 Å². The van der Waals surface area contributed by atoms with Gasteiger partial charge in [0.05, 0.1) is 9.50 Å². The molecule has 18 heavy (non-hydrogen) atoms. The molecule has 0 radical (unpaired) electrons. The molecular weight excluding hydrogens is 326 g/mol. The summed E-state index contributed by atoms with van der Waals surface area (Å²) in [6.07, 6.45) is 0. The SMILES string of the molecule is Cc1cc(Cl)c(-c2n[nH]c(C(=O)O)c2Br)cc1F. The van der Waals surface area contributed by atoms with Crippen LogP contribution >= 0.6 is 27.5 Å². The molecule has 0 aliphatic rings. The number of carboxylic acid groups (broad SMARTS) is 1. The first-order valence-corrected chi connectivity index (χ1v) is 6.02.